The SMILES string of the molecule is Cn1cccc1C(=O)N1CCN(NC(=O)C2CCN(c3ccc(C(=O)OC(C)(C)C)cc3)CC2)CC1. The number of aryl methyl sites for hydroxylation is 1. The third-order valence-corrected chi connectivity index (χ3v) is 6.73. The minimum atomic E-state index is -0.523. The summed E-state index contributed by atoms with van der Waals surface area (Å²) in [5, 5.41) is 1.93. The molecule has 194 valence electrons. The molecular weight excluding hydrogens is 458 g/mol. The summed E-state index contributed by atoms with van der Waals surface area (Å²) in [6, 6.07) is 11.2. The molecule has 4 rings (SSSR count). The van der Waals surface area contributed by atoms with Gasteiger partial charge in [0.15, 0.2) is 0 Å². The molecule has 36 heavy (non-hydrogen) atoms. The number of anilines is 1. The number of aromatic nitrogens is 1. The van der Waals surface area contributed by atoms with Gasteiger partial charge in [-0.05, 0) is 70.0 Å². The highest BCUT2D eigenvalue weighted by Gasteiger charge is 2.29. The molecule has 2 aliphatic rings. The topological polar surface area (TPSA) is 87.1 Å². The summed E-state index contributed by atoms with van der Waals surface area (Å²) in [6.07, 6.45) is 3.41. The van der Waals surface area contributed by atoms with E-state index >= 15 is 0 Å². The van der Waals surface area contributed by atoms with Crippen molar-refractivity contribution in [1.29, 1.82) is 0 Å². The molecule has 0 bridgehead atoms. The molecule has 2 saturated heterocycles. The molecule has 2 fully saturated rings. The smallest absolute Gasteiger partial charge is 0.338 e. The van der Waals surface area contributed by atoms with Crippen molar-refractivity contribution in [1.82, 2.24) is 19.9 Å². The standard InChI is InChI=1S/C27H37N5O4/c1-27(2,3)36-26(35)21-7-9-22(10-8-21)30-14-11-20(12-15-30)24(33)28-32-18-16-31(17-19-32)25(34)23-6-5-13-29(23)4/h5-10,13,20H,11-12,14-19H2,1-4H3,(H,28,33). The number of hydrazine groups is 1. The maximum Gasteiger partial charge on any atom is 0.338 e. The number of piperazine rings is 1. The zero-order valence-electron chi connectivity index (χ0n) is 21.7. The molecule has 9 heteroatoms. The van der Waals surface area contributed by atoms with Crippen LogP contribution in [0.3, 0.4) is 0 Å². The molecule has 3 heterocycles. The van der Waals surface area contributed by atoms with Gasteiger partial charge in [0.1, 0.15) is 11.3 Å². The monoisotopic (exact) mass is 495 g/mol. The van der Waals surface area contributed by atoms with Crippen LogP contribution in [-0.4, -0.2) is 77.1 Å². The average Bonchev–Trinajstić information content (AvgIpc) is 3.29. The molecule has 9 nitrogen and oxygen atoms in total. The fourth-order valence-electron chi connectivity index (χ4n) is 4.66. The Labute approximate surface area is 212 Å². The number of amides is 2. The molecule has 1 N–H and O–H groups in total. The van der Waals surface area contributed by atoms with Crippen LogP contribution in [0.15, 0.2) is 42.6 Å². The second kappa shape index (κ2) is 10.7. The Morgan fingerprint density at radius 2 is 1.56 bits per heavy atom. The number of hydrogen-bond donors (Lipinski definition) is 1. The molecule has 0 spiro atoms. The van der Waals surface area contributed by atoms with Crippen LogP contribution in [0.1, 0.15) is 54.5 Å². The summed E-state index contributed by atoms with van der Waals surface area (Å²) >= 11 is 0. The third kappa shape index (κ3) is 6.26. The van der Waals surface area contributed by atoms with Gasteiger partial charge in [-0.15, -0.1) is 0 Å². The van der Waals surface area contributed by atoms with Crippen LogP contribution < -0.4 is 10.3 Å². The van der Waals surface area contributed by atoms with Gasteiger partial charge in [-0.25, -0.2) is 9.80 Å². The van der Waals surface area contributed by atoms with Crippen molar-refractivity contribution in [2.45, 2.75) is 39.2 Å². The van der Waals surface area contributed by atoms with Crippen molar-refractivity contribution in [2.75, 3.05) is 44.2 Å². The Kier molecular flexibility index (Phi) is 7.68. The van der Waals surface area contributed by atoms with Crippen molar-refractivity contribution in [2.24, 2.45) is 13.0 Å². The van der Waals surface area contributed by atoms with Gasteiger partial charge in [0.25, 0.3) is 5.91 Å². The predicted molar refractivity (Wildman–Crippen MR) is 138 cm³/mol. The number of benzene rings is 1. The summed E-state index contributed by atoms with van der Waals surface area (Å²) in [5.41, 5.74) is 4.80. The van der Waals surface area contributed by atoms with Crippen LogP contribution in [0.4, 0.5) is 5.69 Å². The van der Waals surface area contributed by atoms with E-state index in [1.807, 2.05) is 72.8 Å². The van der Waals surface area contributed by atoms with E-state index in [1.165, 1.54) is 0 Å². The van der Waals surface area contributed by atoms with Crippen molar-refractivity contribution in [3.05, 3.63) is 53.9 Å². The second-order valence-corrected chi connectivity index (χ2v) is 10.6. The molecule has 1 aromatic heterocycles. The lowest BCUT2D eigenvalue weighted by Crippen LogP contribution is -2.56. The van der Waals surface area contributed by atoms with E-state index in [0.29, 0.717) is 37.4 Å². The van der Waals surface area contributed by atoms with Gasteiger partial charge < -0.3 is 19.1 Å². The highest BCUT2D eigenvalue weighted by Crippen LogP contribution is 2.24. The number of esters is 1. The van der Waals surface area contributed by atoms with Gasteiger partial charge in [-0.1, -0.05) is 0 Å². The first-order valence-electron chi connectivity index (χ1n) is 12.6. The van der Waals surface area contributed by atoms with Crippen LogP contribution in [-0.2, 0) is 16.6 Å². The predicted octanol–water partition coefficient (Wildman–Crippen LogP) is 2.69. The fraction of sp³-hybridized carbons (Fsp3) is 0.519. The highest BCUT2D eigenvalue weighted by atomic mass is 16.6. The summed E-state index contributed by atoms with van der Waals surface area (Å²) < 4.78 is 7.26. The maximum atomic E-state index is 12.9. The van der Waals surface area contributed by atoms with Crippen molar-refractivity contribution in [3.63, 3.8) is 0 Å². The molecule has 0 radical (unpaired) electrons. The number of ether oxygens (including phenoxy) is 1. The van der Waals surface area contributed by atoms with Gasteiger partial charge in [0.2, 0.25) is 5.91 Å². The number of hydrogen-bond acceptors (Lipinski definition) is 6. The van der Waals surface area contributed by atoms with Crippen molar-refractivity contribution >= 4 is 23.5 Å². The summed E-state index contributed by atoms with van der Waals surface area (Å²) in [7, 11) is 1.87. The molecule has 0 atom stereocenters. The van der Waals surface area contributed by atoms with E-state index in [0.717, 1.165) is 31.6 Å². The van der Waals surface area contributed by atoms with Crippen LogP contribution in [0.5, 0.6) is 0 Å². The normalized spacial score (nSPS) is 17.7. The molecule has 0 saturated carbocycles. The third-order valence-electron chi connectivity index (χ3n) is 6.73. The number of piperidine rings is 1. The van der Waals surface area contributed by atoms with Gasteiger partial charge in [0, 0.05) is 64.1 Å². The molecule has 2 amide bonds. The summed E-state index contributed by atoms with van der Waals surface area (Å²) in [6.45, 7) is 9.52. The van der Waals surface area contributed by atoms with Crippen LogP contribution >= 0.6 is 0 Å². The van der Waals surface area contributed by atoms with Gasteiger partial charge in [-0.2, -0.15) is 0 Å². The number of nitrogens with zero attached hydrogens (tertiary/aromatic N) is 4. The van der Waals surface area contributed by atoms with Crippen LogP contribution in [0.2, 0.25) is 0 Å². The fourth-order valence-corrected chi connectivity index (χ4v) is 4.66. The molecule has 2 aromatic rings. The van der Waals surface area contributed by atoms with Gasteiger partial charge in [-0.3, -0.25) is 15.0 Å². The zero-order chi connectivity index (χ0) is 25.9. The quantitative estimate of drug-likeness (QED) is 0.642. The first-order valence-corrected chi connectivity index (χ1v) is 12.6. The molecular formula is C27H37N5O4. The summed E-state index contributed by atoms with van der Waals surface area (Å²) in [5.74, 6) is -0.281. The second-order valence-electron chi connectivity index (χ2n) is 10.6. The highest BCUT2D eigenvalue weighted by molar-refractivity contribution is 5.93. The maximum absolute atomic E-state index is 12.9. The lowest BCUT2D eigenvalue weighted by molar-refractivity contribution is -0.131. The number of carbonyl (C=O) groups excluding carboxylic acids is 3. The average molecular weight is 496 g/mol. The largest absolute Gasteiger partial charge is 0.456 e. The minimum Gasteiger partial charge on any atom is -0.456 e. The Balaban J connectivity index is 1.21. The van der Waals surface area contributed by atoms with E-state index in [2.05, 4.69) is 10.3 Å². The minimum absolute atomic E-state index is 0.0278. The summed E-state index contributed by atoms with van der Waals surface area (Å²) in [4.78, 5) is 41.9. The van der Waals surface area contributed by atoms with E-state index in [-0.39, 0.29) is 23.7 Å². The lowest BCUT2D eigenvalue weighted by atomic mass is 9.95. The van der Waals surface area contributed by atoms with E-state index < -0.39 is 5.60 Å². The number of nitrogens with one attached hydrogen (secondary N) is 1. The van der Waals surface area contributed by atoms with Crippen molar-refractivity contribution < 1.29 is 19.1 Å². The zero-order valence-corrected chi connectivity index (χ0v) is 21.7. The Bertz CT molecular complexity index is 1070. The Morgan fingerprint density at radius 1 is 0.917 bits per heavy atom. The van der Waals surface area contributed by atoms with Gasteiger partial charge in [0.05, 0.1) is 5.56 Å². The van der Waals surface area contributed by atoms with E-state index in [1.54, 1.807) is 12.1 Å². The van der Waals surface area contributed by atoms with Crippen molar-refractivity contribution in [3.8, 4) is 0 Å². The van der Waals surface area contributed by atoms with Crippen LogP contribution in [0.25, 0.3) is 0 Å². The molecule has 1 aromatic carbocycles. The lowest BCUT2D eigenvalue weighted by Gasteiger charge is -2.37. The molecule has 2 aliphatic heterocycles. The molecule has 0 unspecified atom stereocenters. The number of rotatable bonds is 5. The Morgan fingerprint density at radius 3 is 2.11 bits per heavy atom. The molecule has 0 aliphatic carbocycles. The first kappa shape index (κ1) is 25.8. The van der Waals surface area contributed by atoms with E-state index in [9.17, 15) is 14.4 Å². The van der Waals surface area contributed by atoms with Gasteiger partial charge >= 0.3 is 5.97 Å². The first-order chi connectivity index (χ1) is 17.1. The number of carbonyl (C=O) groups is 3. The Hall–Kier alpha value is -3.33. The van der Waals surface area contributed by atoms with E-state index in [4.69, 9.17) is 4.74 Å². The van der Waals surface area contributed by atoms with Crippen LogP contribution in [0, 0.1) is 5.92 Å².